The molecule has 0 aliphatic carbocycles. The summed E-state index contributed by atoms with van der Waals surface area (Å²) in [6.07, 6.45) is 4.12. The van der Waals surface area contributed by atoms with Crippen LogP contribution in [0.4, 0.5) is 5.82 Å². The standard InChI is InChI=1S/C11H15N3S2/c12-10(15)9-2-1-5-13-11(9)14-8-3-6-16-7-4-8/h1-2,5,8H,3-4,6-7H2,(H2,12,15)(H,13,14). The Morgan fingerprint density at radius 1 is 1.50 bits per heavy atom. The number of thioether (sulfide) groups is 1. The number of hydrogen-bond donors (Lipinski definition) is 2. The number of nitrogens with two attached hydrogens (primary N) is 1. The number of aromatic nitrogens is 1. The smallest absolute Gasteiger partial charge is 0.136 e. The number of nitrogens with zero attached hydrogens (tertiary/aromatic N) is 1. The minimum Gasteiger partial charge on any atom is -0.389 e. The third-order valence-corrected chi connectivity index (χ3v) is 3.90. The van der Waals surface area contributed by atoms with Crippen molar-refractivity contribution >= 4 is 34.8 Å². The molecule has 0 unspecified atom stereocenters. The topological polar surface area (TPSA) is 50.9 Å². The van der Waals surface area contributed by atoms with E-state index in [0.29, 0.717) is 11.0 Å². The van der Waals surface area contributed by atoms with E-state index >= 15 is 0 Å². The average molecular weight is 253 g/mol. The van der Waals surface area contributed by atoms with E-state index in [-0.39, 0.29) is 0 Å². The molecular formula is C11H15N3S2. The second-order valence-electron chi connectivity index (χ2n) is 3.79. The molecule has 1 aliphatic rings. The third-order valence-electron chi connectivity index (χ3n) is 2.64. The maximum Gasteiger partial charge on any atom is 0.136 e. The number of rotatable bonds is 3. The summed E-state index contributed by atoms with van der Waals surface area (Å²) in [6, 6.07) is 4.27. The highest BCUT2D eigenvalue weighted by molar-refractivity contribution is 7.99. The molecule has 1 aliphatic heterocycles. The van der Waals surface area contributed by atoms with E-state index in [1.807, 2.05) is 23.9 Å². The SMILES string of the molecule is NC(=S)c1cccnc1NC1CCSCC1. The summed E-state index contributed by atoms with van der Waals surface area (Å²) >= 11 is 7.02. The summed E-state index contributed by atoms with van der Waals surface area (Å²) in [7, 11) is 0. The zero-order valence-electron chi connectivity index (χ0n) is 8.98. The Balaban J connectivity index is 2.10. The van der Waals surface area contributed by atoms with Gasteiger partial charge in [0, 0.05) is 12.2 Å². The third kappa shape index (κ3) is 2.86. The molecule has 1 fully saturated rings. The number of anilines is 1. The van der Waals surface area contributed by atoms with E-state index in [1.54, 1.807) is 6.20 Å². The van der Waals surface area contributed by atoms with Crippen LogP contribution in [0.5, 0.6) is 0 Å². The van der Waals surface area contributed by atoms with Crippen molar-refractivity contribution in [3.8, 4) is 0 Å². The second kappa shape index (κ2) is 5.50. The van der Waals surface area contributed by atoms with E-state index in [9.17, 15) is 0 Å². The summed E-state index contributed by atoms with van der Waals surface area (Å²) in [5, 5.41) is 3.44. The van der Waals surface area contributed by atoms with Crippen molar-refractivity contribution in [3.63, 3.8) is 0 Å². The summed E-state index contributed by atoms with van der Waals surface area (Å²) in [6.45, 7) is 0. The van der Waals surface area contributed by atoms with Gasteiger partial charge in [-0.3, -0.25) is 0 Å². The highest BCUT2D eigenvalue weighted by Gasteiger charge is 2.15. The molecule has 3 nitrogen and oxygen atoms in total. The number of thiocarbonyl (C=S) groups is 1. The lowest BCUT2D eigenvalue weighted by molar-refractivity contribution is 0.663. The lowest BCUT2D eigenvalue weighted by Gasteiger charge is -2.23. The Hall–Kier alpha value is -0.810. The fourth-order valence-corrected chi connectivity index (χ4v) is 3.03. The first kappa shape index (κ1) is 11.7. The predicted molar refractivity (Wildman–Crippen MR) is 74.1 cm³/mol. The van der Waals surface area contributed by atoms with Crippen molar-refractivity contribution in [3.05, 3.63) is 23.9 Å². The van der Waals surface area contributed by atoms with Gasteiger partial charge < -0.3 is 11.1 Å². The van der Waals surface area contributed by atoms with Gasteiger partial charge in [0.2, 0.25) is 0 Å². The van der Waals surface area contributed by atoms with E-state index in [0.717, 1.165) is 11.4 Å². The van der Waals surface area contributed by atoms with Crippen LogP contribution in [-0.2, 0) is 0 Å². The lowest BCUT2D eigenvalue weighted by atomic mass is 10.1. The lowest BCUT2D eigenvalue weighted by Crippen LogP contribution is -2.26. The maximum absolute atomic E-state index is 5.67. The molecule has 16 heavy (non-hydrogen) atoms. The van der Waals surface area contributed by atoms with Gasteiger partial charge in [0.05, 0.1) is 5.56 Å². The van der Waals surface area contributed by atoms with Gasteiger partial charge in [0.25, 0.3) is 0 Å². The Bertz CT molecular complexity index is 375. The molecule has 0 spiro atoms. The molecule has 0 aromatic carbocycles. The predicted octanol–water partition coefficient (Wildman–Crippen LogP) is 2.02. The van der Waals surface area contributed by atoms with Crippen LogP contribution in [-0.4, -0.2) is 27.5 Å². The van der Waals surface area contributed by atoms with Crippen LogP contribution in [0.1, 0.15) is 18.4 Å². The van der Waals surface area contributed by atoms with Gasteiger partial charge in [0.1, 0.15) is 10.8 Å². The summed E-state index contributed by atoms with van der Waals surface area (Å²) in [5.41, 5.74) is 6.51. The number of hydrogen-bond acceptors (Lipinski definition) is 4. The Labute approximate surface area is 105 Å². The number of pyridine rings is 1. The van der Waals surface area contributed by atoms with Gasteiger partial charge in [-0.1, -0.05) is 12.2 Å². The van der Waals surface area contributed by atoms with Crippen molar-refractivity contribution in [1.82, 2.24) is 4.98 Å². The first-order chi connectivity index (χ1) is 7.77. The summed E-state index contributed by atoms with van der Waals surface area (Å²) in [4.78, 5) is 4.71. The Kier molecular flexibility index (Phi) is 4.01. The van der Waals surface area contributed by atoms with Crippen LogP contribution in [0.15, 0.2) is 18.3 Å². The normalized spacial score (nSPS) is 17.0. The molecule has 0 radical (unpaired) electrons. The van der Waals surface area contributed by atoms with Crippen LogP contribution < -0.4 is 11.1 Å². The summed E-state index contributed by atoms with van der Waals surface area (Å²) < 4.78 is 0. The van der Waals surface area contributed by atoms with Crippen LogP contribution in [0.25, 0.3) is 0 Å². The Morgan fingerprint density at radius 3 is 2.94 bits per heavy atom. The molecule has 0 amide bonds. The molecule has 2 heterocycles. The molecule has 2 rings (SSSR count). The van der Waals surface area contributed by atoms with E-state index in [4.69, 9.17) is 18.0 Å². The van der Waals surface area contributed by atoms with Crippen LogP contribution in [0, 0.1) is 0 Å². The molecule has 0 bridgehead atoms. The van der Waals surface area contributed by atoms with E-state index < -0.39 is 0 Å². The van der Waals surface area contributed by atoms with Crippen molar-refractivity contribution < 1.29 is 0 Å². The van der Waals surface area contributed by atoms with E-state index in [1.165, 1.54) is 24.3 Å². The van der Waals surface area contributed by atoms with Crippen LogP contribution >= 0.6 is 24.0 Å². The van der Waals surface area contributed by atoms with Crippen molar-refractivity contribution in [1.29, 1.82) is 0 Å². The van der Waals surface area contributed by atoms with Gasteiger partial charge in [-0.15, -0.1) is 0 Å². The first-order valence-electron chi connectivity index (χ1n) is 5.36. The van der Waals surface area contributed by atoms with E-state index in [2.05, 4.69) is 10.3 Å². The zero-order chi connectivity index (χ0) is 11.4. The second-order valence-corrected chi connectivity index (χ2v) is 5.46. The van der Waals surface area contributed by atoms with Gasteiger partial charge in [-0.25, -0.2) is 4.98 Å². The Morgan fingerprint density at radius 2 is 2.25 bits per heavy atom. The first-order valence-corrected chi connectivity index (χ1v) is 6.93. The summed E-state index contributed by atoms with van der Waals surface area (Å²) in [5.74, 6) is 3.26. The van der Waals surface area contributed by atoms with Gasteiger partial charge in [-0.2, -0.15) is 11.8 Å². The fraction of sp³-hybridized carbons (Fsp3) is 0.455. The fourth-order valence-electron chi connectivity index (χ4n) is 1.75. The molecular weight excluding hydrogens is 238 g/mol. The maximum atomic E-state index is 5.67. The molecule has 1 aromatic rings. The van der Waals surface area contributed by atoms with Crippen molar-refractivity contribution in [2.45, 2.75) is 18.9 Å². The minimum atomic E-state index is 0.404. The highest BCUT2D eigenvalue weighted by Crippen LogP contribution is 2.21. The van der Waals surface area contributed by atoms with Gasteiger partial charge >= 0.3 is 0 Å². The largest absolute Gasteiger partial charge is 0.389 e. The molecule has 1 saturated heterocycles. The monoisotopic (exact) mass is 253 g/mol. The average Bonchev–Trinajstić information content (AvgIpc) is 2.31. The molecule has 0 saturated carbocycles. The minimum absolute atomic E-state index is 0.404. The zero-order valence-corrected chi connectivity index (χ0v) is 10.6. The van der Waals surface area contributed by atoms with Crippen LogP contribution in [0.3, 0.4) is 0 Å². The van der Waals surface area contributed by atoms with Crippen molar-refractivity contribution in [2.75, 3.05) is 16.8 Å². The quantitative estimate of drug-likeness (QED) is 0.807. The molecule has 0 atom stereocenters. The van der Waals surface area contributed by atoms with Crippen LogP contribution in [0.2, 0.25) is 0 Å². The number of nitrogens with one attached hydrogen (secondary N) is 1. The van der Waals surface area contributed by atoms with Gasteiger partial charge in [-0.05, 0) is 36.5 Å². The van der Waals surface area contributed by atoms with Crippen molar-refractivity contribution in [2.24, 2.45) is 5.73 Å². The molecule has 86 valence electrons. The molecule has 1 aromatic heterocycles. The van der Waals surface area contributed by atoms with Gasteiger partial charge in [0.15, 0.2) is 0 Å². The molecule has 5 heteroatoms. The molecule has 3 N–H and O–H groups in total. The highest BCUT2D eigenvalue weighted by atomic mass is 32.2.